The number of hydrogen-bond acceptors (Lipinski definition) is 2. The molecule has 94 valence electrons. The lowest BCUT2D eigenvalue weighted by molar-refractivity contribution is 0.628. The molecule has 0 fully saturated rings. The van der Waals surface area contributed by atoms with Gasteiger partial charge in [-0.15, -0.1) is 12.4 Å². The molecule has 1 N–H and O–H groups in total. The smallest absolute Gasteiger partial charge is 0.123 e. The molecule has 0 saturated carbocycles. The number of benzene rings is 2. The molecule has 3 rings (SSSR count). The van der Waals surface area contributed by atoms with Crippen LogP contribution in [0.3, 0.4) is 0 Å². The van der Waals surface area contributed by atoms with Gasteiger partial charge in [-0.25, -0.2) is 4.39 Å². The predicted octanol–water partition coefficient (Wildman–Crippen LogP) is 3.66. The summed E-state index contributed by atoms with van der Waals surface area (Å²) in [5.74, 6) is -0.281. The fourth-order valence-corrected chi connectivity index (χ4v) is 1.91. The minimum absolute atomic E-state index is 0. The van der Waals surface area contributed by atoms with E-state index in [0.29, 0.717) is 5.56 Å². The van der Waals surface area contributed by atoms with Gasteiger partial charge in [0.15, 0.2) is 0 Å². The van der Waals surface area contributed by atoms with E-state index in [9.17, 15) is 4.39 Å². The lowest BCUT2D eigenvalue weighted by atomic mass is 10.1. The van der Waals surface area contributed by atoms with Crippen LogP contribution in [0.1, 0.15) is 5.56 Å². The summed E-state index contributed by atoms with van der Waals surface area (Å²) >= 11 is 0. The van der Waals surface area contributed by atoms with Crippen molar-refractivity contribution < 1.29 is 4.39 Å². The van der Waals surface area contributed by atoms with Gasteiger partial charge in [0.2, 0.25) is 0 Å². The van der Waals surface area contributed by atoms with Gasteiger partial charge >= 0.3 is 0 Å². The maximum absolute atomic E-state index is 12.9. The van der Waals surface area contributed by atoms with Crippen LogP contribution in [0.5, 0.6) is 0 Å². The van der Waals surface area contributed by atoms with Crippen molar-refractivity contribution in [3.63, 3.8) is 0 Å². The number of hydrogen-bond donors (Lipinski definition) is 1. The molecule has 19 heavy (non-hydrogen) atoms. The summed E-state index contributed by atoms with van der Waals surface area (Å²) in [6, 6.07) is 13.5. The van der Waals surface area contributed by atoms with E-state index in [2.05, 4.69) is 16.3 Å². The standard InChI is InChI=1S/C14H8FN3.ClH/c15-11-4-2-10(3-5-11)14-12-7-9(8-16)1-6-13(12)17-18-14;/h1-7H,(H,17,18);1H. The summed E-state index contributed by atoms with van der Waals surface area (Å²) in [5, 5.41) is 16.9. The van der Waals surface area contributed by atoms with Crippen molar-refractivity contribution in [1.29, 1.82) is 5.26 Å². The molecule has 2 aromatic carbocycles. The van der Waals surface area contributed by atoms with Crippen LogP contribution in [-0.4, -0.2) is 10.2 Å². The number of halogens is 2. The first-order chi connectivity index (χ1) is 8.78. The summed E-state index contributed by atoms with van der Waals surface area (Å²) in [6.45, 7) is 0. The minimum Gasteiger partial charge on any atom is -0.277 e. The van der Waals surface area contributed by atoms with E-state index in [4.69, 9.17) is 5.26 Å². The molecule has 3 aromatic rings. The molecule has 0 spiro atoms. The van der Waals surface area contributed by atoms with Crippen LogP contribution in [0.15, 0.2) is 42.5 Å². The topological polar surface area (TPSA) is 52.5 Å². The van der Waals surface area contributed by atoms with Crippen LogP contribution in [-0.2, 0) is 0 Å². The Morgan fingerprint density at radius 2 is 1.84 bits per heavy atom. The Morgan fingerprint density at radius 3 is 2.53 bits per heavy atom. The molecule has 0 aliphatic carbocycles. The Labute approximate surface area is 115 Å². The van der Waals surface area contributed by atoms with Crippen LogP contribution in [0.4, 0.5) is 4.39 Å². The van der Waals surface area contributed by atoms with Crippen LogP contribution >= 0.6 is 12.4 Å². The maximum Gasteiger partial charge on any atom is 0.123 e. The van der Waals surface area contributed by atoms with Crippen molar-refractivity contribution >= 4 is 23.3 Å². The normalized spacial score (nSPS) is 9.89. The van der Waals surface area contributed by atoms with Crippen molar-refractivity contribution in [1.82, 2.24) is 10.2 Å². The van der Waals surface area contributed by atoms with Crippen LogP contribution < -0.4 is 0 Å². The number of fused-ring (bicyclic) bond motifs is 1. The number of H-pyrrole nitrogens is 1. The van der Waals surface area contributed by atoms with Crippen LogP contribution in [0.25, 0.3) is 22.2 Å². The number of nitrogens with zero attached hydrogens (tertiary/aromatic N) is 2. The molecule has 0 atom stereocenters. The molecule has 5 heteroatoms. The van der Waals surface area contributed by atoms with E-state index < -0.39 is 0 Å². The highest BCUT2D eigenvalue weighted by atomic mass is 35.5. The van der Waals surface area contributed by atoms with E-state index in [-0.39, 0.29) is 18.2 Å². The molecule has 1 aromatic heterocycles. The molecule has 0 saturated heterocycles. The first-order valence-corrected chi connectivity index (χ1v) is 5.42. The first kappa shape index (κ1) is 13.1. The predicted molar refractivity (Wildman–Crippen MR) is 73.5 cm³/mol. The third kappa shape index (κ3) is 2.28. The molecule has 0 aliphatic rings. The molecule has 1 heterocycles. The molecule has 0 unspecified atom stereocenters. The van der Waals surface area contributed by atoms with E-state index in [1.54, 1.807) is 24.3 Å². The third-order valence-electron chi connectivity index (χ3n) is 2.81. The first-order valence-electron chi connectivity index (χ1n) is 5.42. The number of nitrogens with one attached hydrogen (secondary N) is 1. The second-order valence-corrected chi connectivity index (χ2v) is 3.95. The van der Waals surface area contributed by atoms with Gasteiger partial charge in [-0.1, -0.05) is 0 Å². The monoisotopic (exact) mass is 273 g/mol. The zero-order valence-corrected chi connectivity index (χ0v) is 10.5. The van der Waals surface area contributed by atoms with Crippen molar-refractivity contribution in [3.8, 4) is 17.3 Å². The zero-order chi connectivity index (χ0) is 12.5. The molecular weight excluding hydrogens is 265 g/mol. The van der Waals surface area contributed by atoms with Gasteiger partial charge in [0.05, 0.1) is 22.8 Å². The summed E-state index contributed by atoms with van der Waals surface area (Å²) in [5.41, 5.74) is 2.97. The summed E-state index contributed by atoms with van der Waals surface area (Å²) < 4.78 is 12.9. The minimum atomic E-state index is -0.281. The average Bonchev–Trinajstić information content (AvgIpc) is 2.82. The lowest BCUT2D eigenvalue weighted by Crippen LogP contribution is -1.80. The van der Waals surface area contributed by atoms with Crippen LogP contribution in [0, 0.1) is 17.1 Å². The van der Waals surface area contributed by atoms with Gasteiger partial charge in [-0.3, -0.25) is 5.10 Å². The number of nitriles is 1. The number of aromatic amines is 1. The maximum atomic E-state index is 12.9. The molecule has 0 bridgehead atoms. The zero-order valence-electron chi connectivity index (χ0n) is 9.72. The van der Waals surface area contributed by atoms with E-state index >= 15 is 0 Å². The van der Waals surface area contributed by atoms with Crippen molar-refractivity contribution in [3.05, 3.63) is 53.8 Å². The summed E-state index contributed by atoms with van der Waals surface area (Å²) in [4.78, 5) is 0. The van der Waals surface area contributed by atoms with Crippen molar-refractivity contribution in [2.45, 2.75) is 0 Å². The highest BCUT2D eigenvalue weighted by Crippen LogP contribution is 2.26. The Bertz CT molecular complexity index is 756. The van der Waals surface area contributed by atoms with Gasteiger partial charge < -0.3 is 0 Å². The largest absolute Gasteiger partial charge is 0.277 e. The molecule has 0 aliphatic heterocycles. The van der Waals surface area contributed by atoms with Gasteiger partial charge in [-0.05, 0) is 42.5 Å². The SMILES string of the molecule is Cl.N#Cc1ccc2[nH]nc(-c3ccc(F)cc3)c2c1. The highest BCUT2D eigenvalue weighted by Gasteiger charge is 2.08. The van der Waals surface area contributed by atoms with Gasteiger partial charge in [-0.2, -0.15) is 10.4 Å². The van der Waals surface area contributed by atoms with E-state index in [1.807, 2.05) is 6.07 Å². The third-order valence-corrected chi connectivity index (χ3v) is 2.81. The highest BCUT2D eigenvalue weighted by molar-refractivity contribution is 5.93. The fraction of sp³-hybridized carbons (Fsp3) is 0. The van der Waals surface area contributed by atoms with E-state index in [0.717, 1.165) is 22.2 Å². The Balaban J connectivity index is 0.00000133. The average molecular weight is 274 g/mol. The van der Waals surface area contributed by atoms with Gasteiger partial charge in [0, 0.05) is 10.9 Å². The van der Waals surface area contributed by atoms with Crippen molar-refractivity contribution in [2.75, 3.05) is 0 Å². The molecular formula is C14H9ClFN3. The lowest BCUT2D eigenvalue weighted by Gasteiger charge is -1.98. The molecule has 0 amide bonds. The van der Waals surface area contributed by atoms with Gasteiger partial charge in [0.1, 0.15) is 5.82 Å². The molecule has 0 radical (unpaired) electrons. The Hall–Kier alpha value is -2.38. The second-order valence-electron chi connectivity index (χ2n) is 3.95. The number of aromatic nitrogens is 2. The summed E-state index contributed by atoms with van der Waals surface area (Å²) in [6.07, 6.45) is 0. The van der Waals surface area contributed by atoms with Crippen LogP contribution in [0.2, 0.25) is 0 Å². The van der Waals surface area contributed by atoms with E-state index in [1.165, 1.54) is 12.1 Å². The molecule has 3 nitrogen and oxygen atoms in total. The quantitative estimate of drug-likeness (QED) is 0.735. The fourth-order valence-electron chi connectivity index (χ4n) is 1.91. The summed E-state index contributed by atoms with van der Waals surface area (Å²) in [7, 11) is 0. The second kappa shape index (κ2) is 5.09. The number of rotatable bonds is 1. The Morgan fingerprint density at radius 1 is 1.11 bits per heavy atom. The van der Waals surface area contributed by atoms with Crippen molar-refractivity contribution in [2.24, 2.45) is 0 Å². The Kier molecular flexibility index (Phi) is 3.50. The van der Waals surface area contributed by atoms with Gasteiger partial charge in [0.25, 0.3) is 0 Å².